The van der Waals surface area contributed by atoms with Crippen LogP contribution in [0, 0.1) is 0 Å². The summed E-state index contributed by atoms with van der Waals surface area (Å²) in [7, 11) is 1.69. The molecule has 2 rings (SSSR count). The molecule has 0 aliphatic rings. The molecule has 1 aromatic carbocycles. The molecule has 0 unspecified atom stereocenters. The number of nitrogens with zero attached hydrogens (tertiary/aromatic N) is 1. The van der Waals surface area contributed by atoms with Gasteiger partial charge >= 0.3 is 0 Å². The van der Waals surface area contributed by atoms with Crippen LogP contribution < -0.4 is 5.48 Å². The third-order valence-electron chi connectivity index (χ3n) is 2.44. The van der Waals surface area contributed by atoms with Crippen molar-refractivity contribution >= 4 is 16.6 Å². The maximum absolute atomic E-state index is 8.77. The zero-order valence-electron chi connectivity index (χ0n) is 8.60. The van der Waals surface area contributed by atoms with Gasteiger partial charge < -0.3 is 9.30 Å². The second-order valence-electron chi connectivity index (χ2n) is 3.39. The predicted octanol–water partition coefficient (Wildman–Crippen LogP) is 2.09. The van der Waals surface area contributed by atoms with E-state index in [4.69, 9.17) is 9.94 Å². The second kappa shape index (κ2) is 4.33. The molecule has 0 saturated carbocycles. The third kappa shape index (κ3) is 1.95. The quantitative estimate of drug-likeness (QED) is 0.753. The summed E-state index contributed by atoms with van der Waals surface area (Å²) < 4.78 is 7.16. The zero-order valence-corrected chi connectivity index (χ0v) is 8.60. The molecule has 1 heterocycles. The lowest BCUT2D eigenvalue weighted by Crippen LogP contribution is -2.02. The average Bonchev–Trinajstić information content (AvgIpc) is 2.68. The van der Waals surface area contributed by atoms with Gasteiger partial charge in [-0.05, 0) is 24.3 Å². The van der Waals surface area contributed by atoms with Crippen LogP contribution in [0.2, 0.25) is 0 Å². The van der Waals surface area contributed by atoms with E-state index in [1.807, 2.05) is 30.5 Å². The van der Waals surface area contributed by atoms with Crippen molar-refractivity contribution in [3.8, 4) is 0 Å². The molecule has 0 amide bonds. The third-order valence-corrected chi connectivity index (χ3v) is 2.44. The highest BCUT2D eigenvalue weighted by molar-refractivity contribution is 5.83. The molecule has 0 atom stereocenters. The number of fused-ring (bicyclic) bond motifs is 1. The number of hydrogen-bond donors (Lipinski definition) is 2. The minimum Gasteiger partial charge on any atom is -0.383 e. The molecule has 0 aliphatic carbocycles. The molecule has 0 radical (unpaired) electrons. The summed E-state index contributed by atoms with van der Waals surface area (Å²) in [4.78, 5) is 0. The number of aromatic nitrogens is 1. The van der Waals surface area contributed by atoms with Crippen LogP contribution in [0.4, 0.5) is 5.69 Å². The van der Waals surface area contributed by atoms with Crippen LogP contribution in [0.5, 0.6) is 0 Å². The van der Waals surface area contributed by atoms with Crippen LogP contribution >= 0.6 is 0 Å². The Hall–Kier alpha value is -1.52. The Morgan fingerprint density at radius 3 is 3.00 bits per heavy atom. The summed E-state index contributed by atoms with van der Waals surface area (Å²) in [5.41, 5.74) is 3.98. The van der Waals surface area contributed by atoms with Crippen molar-refractivity contribution in [2.24, 2.45) is 0 Å². The summed E-state index contributed by atoms with van der Waals surface area (Å²) in [5.74, 6) is 0. The lowest BCUT2D eigenvalue weighted by atomic mass is 10.2. The van der Waals surface area contributed by atoms with Gasteiger partial charge in [0.2, 0.25) is 0 Å². The van der Waals surface area contributed by atoms with Gasteiger partial charge in [0.15, 0.2) is 0 Å². The molecule has 0 fully saturated rings. The van der Waals surface area contributed by atoms with E-state index >= 15 is 0 Å². The minimum absolute atomic E-state index is 0.698. The van der Waals surface area contributed by atoms with E-state index in [0.29, 0.717) is 12.3 Å². The number of nitrogens with one attached hydrogen (secondary N) is 1. The van der Waals surface area contributed by atoms with Gasteiger partial charge in [-0.1, -0.05) is 0 Å². The number of anilines is 1. The Labute approximate surface area is 88.0 Å². The van der Waals surface area contributed by atoms with Crippen LogP contribution in [0.3, 0.4) is 0 Å². The van der Waals surface area contributed by atoms with E-state index in [2.05, 4.69) is 10.0 Å². The van der Waals surface area contributed by atoms with Crippen LogP contribution in [0.1, 0.15) is 0 Å². The second-order valence-corrected chi connectivity index (χ2v) is 3.39. The highest BCUT2D eigenvalue weighted by Gasteiger charge is 2.01. The van der Waals surface area contributed by atoms with E-state index in [1.54, 1.807) is 7.11 Å². The minimum atomic E-state index is 0.698. The first kappa shape index (κ1) is 10.0. The Balaban J connectivity index is 2.34. The summed E-state index contributed by atoms with van der Waals surface area (Å²) in [6.07, 6.45) is 2.02. The van der Waals surface area contributed by atoms with Crippen molar-refractivity contribution < 1.29 is 9.94 Å². The van der Waals surface area contributed by atoms with Crippen LogP contribution in [0.25, 0.3) is 10.9 Å². The maximum atomic E-state index is 8.77. The normalized spacial score (nSPS) is 10.8. The number of rotatable bonds is 4. The van der Waals surface area contributed by atoms with E-state index < -0.39 is 0 Å². The Morgan fingerprint density at radius 1 is 1.40 bits per heavy atom. The smallest absolute Gasteiger partial charge is 0.0641 e. The highest BCUT2D eigenvalue weighted by atomic mass is 16.5. The first-order valence-electron chi connectivity index (χ1n) is 4.83. The average molecular weight is 206 g/mol. The molecule has 2 aromatic rings. The van der Waals surface area contributed by atoms with Crippen molar-refractivity contribution in [3.63, 3.8) is 0 Å². The molecule has 4 heteroatoms. The van der Waals surface area contributed by atoms with E-state index in [1.165, 1.54) is 0 Å². The van der Waals surface area contributed by atoms with E-state index in [-0.39, 0.29) is 0 Å². The van der Waals surface area contributed by atoms with Crippen molar-refractivity contribution in [1.29, 1.82) is 0 Å². The van der Waals surface area contributed by atoms with Crippen molar-refractivity contribution in [1.82, 2.24) is 4.57 Å². The lowest BCUT2D eigenvalue weighted by molar-refractivity contribution is 0.188. The van der Waals surface area contributed by atoms with Gasteiger partial charge in [-0.2, -0.15) is 0 Å². The highest BCUT2D eigenvalue weighted by Crippen LogP contribution is 2.19. The van der Waals surface area contributed by atoms with Gasteiger partial charge in [0.05, 0.1) is 12.3 Å². The first-order chi connectivity index (χ1) is 7.35. The molecule has 0 saturated heterocycles. The van der Waals surface area contributed by atoms with Gasteiger partial charge in [-0.25, -0.2) is 0 Å². The monoisotopic (exact) mass is 206 g/mol. The van der Waals surface area contributed by atoms with E-state index in [0.717, 1.165) is 17.4 Å². The fraction of sp³-hybridized carbons (Fsp3) is 0.273. The van der Waals surface area contributed by atoms with Crippen LogP contribution in [0.15, 0.2) is 30.5 Å². The summed E-state index contributed by atoms with van der Waals surface area (Å²) >= 11 is 0. The molecular formula is C11H14N2O2. The predicted molar refractivity (Wildman–Crippen MR) is 59.2 cm³/mol. The van der Waals surface area contributed by atoms with Gasteiger partial charge in [0, 0.05) is 30.8 Å². The Kier molecular flexibility index (Phi) is 2.89. The summed E-state index contributed by atoms with van der Waals surface area (Å²) in [6.45, 7) is 1.54. The van der Waals surface area contributed by atoms with Crippen LogP contribution in [-0.2, 0) is 11.3 Å². The Morgan fingerprint density at radius 2 is 2.27 bits per heavy atom. The van der Waals surface area contributed by atoms with E-state index in [9.17, 15) is 0 Å². The number of methoxy groups -OCH3 is 1. The fourth-order valence-electron chi connectivity index (χ4n) is 1.65. The molecule has 0 aliphatic heterocycles. The van der Waals surface area contributed by atoms with Crippen molar-refractivity contribution in [2.45, 2.75) is 6.54 Å². The van der Waals surface area contributed by atoms with Gasteiger partial charge in [0.1, 0.15) is 0 Å². The zero-order chi connectivity index (χ0) is 10.7. The molecule has 80 valence electrons. The summed E-state index contributed by atoms with van der Waals surface area (Å²) in [5, 5.41) is 9.87. The molecule has 4 nitrogen and oxygen atoms in total. The molecule has 15 heavy (non-hydrogen) atoms. The topological polar surface area (TPSA) is 46.4 Å². The standard InChI is InChI=1S/C11H14N2O2/c1-15-7-6-13-5-4-9-8-10(12-14)2-3-11(9)13/h2-5,8,12,14H,6-7H2,1H3. The largest absolute Gasteiger partial charge is 0.383 e. The SMILES string of the molecule is COCCn1ccc2cc(NO)ccc21. The molecule has 2 N–H and O–H groups in total. The fourth-order valence-corrected chi connectivity index (χ4v) is 1.65. The molecule has 0 spiro atoms. The Bertz CT molecular complexity index is 451. The van der Waals surface area contributed by atoms with Gasteiger partial charge in [0.25, 0.3) is 0 Å². The molecular weight excluding hydrogens is 192 g/mol. The maximum Gasteiger partial charge on any atom is 0.0641 e. The van der Waals surface area contributed by atoms with Gasteiger partial charge in [-0.15, -0.1) is 0 Å². The number of benzene rings is 1. The molecule has 1 aromatic heterocycles. The van der Waals surface area contributed by atoms with Crippen molar-refractivity contribution in [2.75, 3.05) is 19.2 Å². The van der Waals surface area contributed by atoms with Crippen molar-refractivity contribution in [3.05, 3.63) is 30.5 Å². The first-order valence-corrected chi connectivity index (χ1v) is 4.83. The molecule has 0 bridgehead atoms. The number of hydrogen-bond acceptors (Lipinski definition) is 3. The lowest BCUT2D eigenvalue weighted by Gasteiger charge is -2.04. The van der Waals surface area contributed by atoms with Gasteiger partial charge in [-0.3, -0.25) is 10.7 Å². The van der Waals surface area contributed by atoms with Crippen LogP contribution in [-0.4, -0.2) is 23.5 Å². The number of ether oxygens (including phenoxy) is 1. The summed E-state index contributed by atoms with van der Waals surface area (Å²) in [6, 6.07) is 7.74.